The molecular weight excluding hydrogens is 420 g/mol. The number of hydrogen-bond donors (Lipinski definition) is 1. The number of fused-ring (bicyclic) bond motifs is 1. The number of nitrogens with zero attached hydrogens (tertiary/aromatic N) is 1. The lowest BCUT2D eigenvalue weighted by Crippen LogP contribution is -2.34. The number of amides is 2. The first-order valence-electron chi connectivity index (χ1n) is 11.3. The molecule has 0 radical (unpaired) electrons. The standard InChI is InChI=1S/C26H30N2O5/c1-16(2)31-11-5-10-28-25(29)23(19-7-6-17(3)18(4)14-19)24(26(28)30)27-20-8-9-21-22(15-20)33-13-12-32-21/h6-9,14-16,27H,5,10-13H2,1-4H3. The molecule has 1 N–H and O–H groups in total. The van der Waals surface area contributed by atoms with Crippen LogP contribution in [0.4, 0.5) is 5.69 Å². The summed E-state index contributed by atoms with van der Waals surface area (Å²) >= 11 is 0. The molecule has 7 nitrogen and oxygen atoms in total. The van der Waals surface area contributed by atoms with E-state index in [2.05, 4.69) is 5.32 Å². The third-order valence-corrected chi connectivity index (χ3v) is 5.75. The maximum Gasteiger partial charge on any atom is 0.278 e. The van der Waals surface area contributed by atoms with Gasteiger partial charge in [-0.2, -0.15) is 0 Å². The molecule has 174 valence electrons. The van der Waals surface area contributed by atoms with Gasteiger partial charge in [0.2, 0.25) is 0 Å². The molecule has 2 heterocycles. The van der Waals surface area contributed by atoms with Crippen LogP contribution in [0.3, 0.4) is 0 Å². The molecule has 0 saturated carbocycles. The second-order valence-electron chi connectivity index (χ2n) is 8.57. The number of carbonyl (C=O) groups excluding carboxylic acids is 2. The van der Waals surface area contributed by atoms with Crippen LogP contribution in [-0.2, 0) is 14.3 Å². The SMILES string of the molecule is Cc1ccc(C2=C(Nc3ccc4c(c3)OCCO4)C(=O)N(CCCOC(C)C)C2=O)cc1C. The fourth-order valence-corrected chi connectivity index (χ4v) is 3.87. The average molecular weight is 451 g/mol. The van der Waals surface area contributed by atoms with E-state index in [9.17, 15) is 9.59 Å². The van der Waals surface area contributed by atoms with E-state index in [1.165, 1.54) is 4.90 Å². The van der Waals surface area contributed by atoms with E-state index in [1.807, 2.05) is 52.0 Å². The maximum atomic E-state index is 13.4. The fourth-order valence-electron chi connectivity index (χ4n) is 3.87. The third kappa shape index (κ3) is 4.88. The van der Waals surface area contributed by atoms with Crippen molar-refractivity contribution in [2.24, 2.45) is 0 Å². The van der Waals surface area contributed by atoms with Gasteiger partial charge in [0.25, 0.3) is 11.8 Å². The van der Waals surface area contributed by atoms with Crippen molar-refractivity contribution < 1.29 is 23.8 Å². The zero-order chi connectivity index (χ0) is 23.5. The summed E-state index contributed by atoms with van der Waals surface area (Å²) in [5.41, 5.74) is 4.20. The number of rotatable bonds is 8. The Morgan fingerprint density at radius 2 is 1.73 bits per heavy atom. The normalized spacial score (nSPS) is 15.6. The van der Waals surface area contributed by atoms with E-state index in [-0.39, 0.29) is 23.6 Å². The Balaban J connectivity index is 1.65. The average Bonchev–Trinajstić information content (AvgIpc) is 3.02. The monoisotopic (exact) mass is 450 g/mol. The molecule has 7 heteroatoms. The second-order valence-corrected chi connectivity index (χ2v) is 8.57. The number of benzene rings is 2. The number of anilines is 1. The number of hydrogen-bond acceptors (Lipinski definition) is 6. The first-order chi connectivity index (χ1) is 15.8. The minimum absolute atomic E-state index is 0.103. The van der Waals surface area contributed by atoms with Gasteiger partial charge in [0.05, 0.1) is 11.7 Å². The van der Waals surface area contributed by atoms with Gasteiger partial charge in [-0.15, -0.1) is 0 Å². The molecule has 2 aliphatic heterocycles. The van der Waals surface area contributed by atoms with Crippen molar-refractivity contribution in [3.63, 3.8) is 0 Å². The first-order valence-corrected chi connectivity index (χ1v) is 11.3. The zero-order valence-electron chi connectivity index (χ0n) is 19.6. The summed E-state index contributed by atoms with van der Waals surface area (Å²) in [6.45, 7) is 9.69. The molecule has 0 bridgehead atoms. The van der Waals surface area contributed by atoms with Gasteiger partial charge in [-0.3, -0.25) is 14.5 Å². The Hall–Kier alpha value is -3.32. The van der Waals surface area contributed by atoms with E-state index in [0.717, 1.165) is 16.7 Å². The lowest BCUT2D eigenvalue weighted by atomic mass is 9.99. The van der Waals surface area contributed by atoms with Crippen LogP contribution < -0.4 is 14.8 Å². The second kappa shape index (κ2) is 9.67. The Kier molecular flexibility index (Phi) is 6.70. The Morgan fingerprint density at radius 1 is 0.970 bits per heavy atom. The van der Waals surface area contributed by atoms with Gasteiger partial charge < -0.3 is 19.5 Å². The number of nitrogens with one attached hydrogen (secondary N) is 1. The molecule has 0 spiro atoms. The lowest BCUT2D eigenvalue weighted by Gasteiger charge is -2.19. The molecule has 4 rings (SSSR count). The van der Waals surface area contributed by atoms with Crippen LogP contribution in [0.15, 0.2) is 42.1 Å². The first kappa shape index (κ1) is 22.9. The van der Waals surface area contributed by atoms with Crippen molar-refractivity contribution in [2.45, 2.75) is 40.2 Å². The number of carbonyl (C=O) groups is 2. The van der Waals surface area contributed by atoms with E-state index >= 15 is 0 Å². The van der Waals surface area contributed by atoms with Crippen LogP contribution in [0.1, 0.15) is 37.0 Å². The summed E-state index contributed by atoms with van der Waals surface area (Å²) in [5, 5.41) is 3.19. The van der Waals surface area contributed by atoms with Gasteiger partial charge in [-0.1, -0.05) is 18.2 Å². The number of imide groups is 1. The quantitative estimate of drug-likeness (QED) is 0.482. The number of ether oxygens (including phenoxy) is 3. The van der Waals surface area contributed by atoms with Crippen molar-refractivity contribution in [1.29, 1.82) is 0 Å². The minimum atomic E-state index is -0.340. The molecule has 2 aliphatic rings. The van der Waals surface area contributed by atoms with E-state index in [1.54, 1.807) is 12.1 Å². The van der Waals surface area contributed by atoms with Crippen molar-refractivity contribution >= 4 is 23.1 Å². The molecule has 2 aromatic carbocycles. The summed E-state index contributed by atoms with van der Waals surface area (Å²) in [7, 11) is 0. The zero-order valence-corrected chi connectivity index (χ0v) is 19.6. The van der Waals surface area contributed by atoms with Gasteiger partial charge in [0.15, 0.2) is 11.5 Å². The van der Waals surface area contributed by atoms with Crippen LogP contribution in [0, 0.1) is 13.8 Å². The van der Waals surface area contributed by atoms with Crippen LogP contribution in [0.25, 0.3) is 5.57 Å². The van der Waals surface area contributed by atoms with E-state index < -0.39 is 0 Å². The van der Waals surface area contributed by atoms with Gasteiger partial charge in [0.1, 0.15) is 18.9 Å². The van der Waals surface area contributed by atoms with Crippen LogP contribution in [0.5, 0.6) is 11.5 Å². The maximum absolute atomic E-state index is 13.4. The highest BCUT2D eigenvalue weighted by molar-refractivity contribution is 6.36. The van der Waals surface area contributed by atoms with Crippen LogP contribution >= 0.6 is 0 Å². The predicted octanol–water partition coefficient (Wildman–Crippen LogP) is 4.08. The van der Waals surface area contributed by atoms with E-state index in [0.29, 0.717) is 55.5 Å². The summed E-state index contributed by atoms with van der Waals surface area (Å²) in [6, 6.07) is 11.2. The highest BCUT2D eigenvalue weighted by atomic mass is 16.6. The Bertz CT molecular complexity index is 1110. The summed E-state index contributed by atoms with van der Waals surface area (Å²) in [5.74, 6) is 0.635. The van der Waals surface area contributed by atoms with E-state index in [4.69, 9.17) is 14.2 Å². The molecule has 0 fully saturated rings. The van der Waals surface area contributed by atoms with Crippen molar-refractivity contribution in [1.82, 2.24) is 4.90 Å². The van der Waals surface area contributed by atoms with Gasteiger partial charge in [-0.25, -0.2) is 0 Å². The molecule has 2 amide bonds. The topological polar surface area (TPSA) is 77.1 Å². The molecule has 0 saturated heterocycles. The number of aryl methyl sites for hydroxylation is 2. The highest BCUT2D eigenvalue weighted by Crippen LogP contribution is 2.36. The van der Waals surface area contributed by atoms with Crippen molar-refractivity contribution in [3.8, 4) is 11.5 Å². The van der Waals surface area contributed by atoms with Gasteiger partial charge in [0, 0.05) is 24.9 Å². The van der Waals surface area contributed by atoms with Crippen LogP contribution in [0.2, 0.25) is 0 Å². The molecule has 0 aliphatic carbocycles. The van der Waals surface area contributed by atoms with Gasteiger partial charge in [-0.05, 0) is 62.9 Å². The molecule has 0 atom stereocenters. The molecular formula is C26H30N2O5. The lowest BCUT2D eigenvalue weighted by molar-refractivity contribution is -0.137. The highest BCUT2D eigenvalue weighted by Gasteiger charge is 2.39. The van der Waals surface area contributed by atoms with Crippen molar-refractivity contribution in [3.05, 3.63) is 58.8 Å². The summed E-state index contributed by atoms with van der Waals surface area (Å²) < 4.78 is 16.8. The molecule has 0 aromatic heterocycles. The Labute approximate surface area is 194 Å². The van der Waals surface area contributed by atoms with Crippen LogP contribution in [-0.4, -0.2) is 49.2 Å². The minimum Gasteiger partial charge on any atom is -0.486 e. The smallest absolute Gasteiger partial charge is 0.278 e. The third-order valence-electron chi connectivity index (χ3n) is 5.75. The summed E-state index contributed by atoms with van der Waals surface area (Å²) in [6.07, 6.45) is 0.680. The largest absolute Gasteiger partial charge is 0.486 e. The Morgan fingerprint density at radius 3 is 2.45 bits per heavy atom. The molecule has 0 unspecified atom stereocenters. The van der Waals surface area contributed by atoms with Crippen molar-refractivity contribution in [2.75, 3.05) is 31.7 Å². The summed E-state index contributed by atoms with van der Waals surface area (Å²) in [4.78, 5) is 28.1. The predicted molar refractivity (Wildman–Crippen MR) is 126 cm³/mol. The molecule has 2 aromatic rings. The van der Waals surface area contributed by atoms with Gasteiger partial charge >= 0.3 is 0 Å². The molecule has 33 heavy (non-hydrogen) atoms. The fraction of sp³-hybridized carbons (Fsp3) is 0.385.